The number of hydrogen-bond acceptors (Lipinski definition) is 6. The fraction of sp³-hybridized carbons (Fsp3) is 0.591. The molecule has 31 heavy (non-hydrogen) atoms. The highest BCUT2D eigenvalue weighted by molar-refractivity contribution is 7.93. The average molecular weight is 456 g/mol. The molecule has 1 aromatic rings. The quantitative estimate of drug-likeness (QED) is 0.451. The number of carbonyl (C=O) groups excluding carboxylic acids is 1. The first-order valence-electron chi connectivity index (χ1n) is 10.8. The van der Waals surface area contributed by atoms with E-state index in [1.807, 2.05) is 0 Å². The van der Waals surface area contributed by atoms with Gasteiger partial charge in [-0.25, -0.2) is 17.6 Å². The molecule has 1 aliphatic heterocycles. The van der Waals surface area contributed by atoms with E-state index in [1.54, 1.807) is 6.92 Å². The number of aryl methyl sites for hydroxylation is 1. The summed E-state index contributed by atoms with van der Waals surface area (Å²) in [5.41, 5.74) is 0.917. The zero-order valence-corrected chi connectivity index (χ0v) is 18.8. The van der Waals surface area contributed by atoms with Crippen molar-refractivity contribution in [3.05, 3.63) is 41.2 Å². The van der Waals surface area contributed by atoms with Crippen LogP contribution in [0.5, 0.6) is 0 Å². The molecule has 2 aliphatic rings. The first-order chi connectivity index (χ1) is 14.8. The molecule has 1 atom stereocenters. The first kappa shape index (κ1) is 23.7. The Morgan fingerprint density at radius 3 is 2.68 bits per heavy atom. The van der Waals surface area contributed by atoms with Crippen LogP contribution in [0.1, 0.15) is 51.5 Å². The highest BCUT2D eigenvalue weighted by atomic mass is 32.2. The van der Waals surface area contributed by atoms with Crippen LogP contribution in [-0.2, 0) is 35.4 Å². The maximum atomic E-state index is 13.8. The van der Waals surface area contributed by atoms with E-state index in [0.717, 1.165) is 19.3 Å². The lowest BCUT2D eigenvalue weighted by Crippen LogP contribution is -2.42. The van der Waals surface area contributed by atoms with Gasteiger partial charge in [-0.2, -0.15) is 0 Å². The molecule has 7 nitrogen and oxygen atoms in total. The summed E-state index contributed by atoms with van der Waals surface area (Å²) >= 11 is 0. The zero-order chi connectivity index (χ0) is 22.5. The lowest BCUT2D eigenvalue weighted by atomic mass is 9.94. The van der Waals surface area contributed by atoms with E-state index in [-0.39, 0.29) is 18.6 Å². The molecule has 172 valence electrons. The maximum absolute atomic E-state index is 13.8. The van der Waals surface area contributed by atoms with Crippen LogP contribution in [0.15, 0.2) is 29.8 Å². The monoisotopic (exact) mass is 455 g/mol. The van der Waals surface area contributed by atoms with Crippen molar-refractivity contribution in [2.75, 3.05) is 24.5 Å². The highest BCUT2D eigenvalue weighted by Crippen LogP contribution is 2.38. The van der Waals surface area contributed by atoms with Gasteiger partial charge in [0, 0.05) is 6.42 Å². The molecule has 0 aromatic heterocycles. The third kappa shape index (κ3) is 5.64. The fourth-order valence-corrected chi connectivity index (χ4v) is 5.55. The normalized spacial score (nSPS) is 20.5. The van der Waals surface area contributed by atoms with Gasteiger partial charge in [-0.3, -0.25) is 4.72 Å². The molecule has 1 N–H and O–H groups in total. The van der Waals surface area contributed by atoms with Gasteiger partial charge in [0.25, 0.3) is 0 Å². The summed E-state index contributed by atoms with van der Waals surface area (Å²) in [7, 11) is -4.01. The predicted molar refractivity (Wildman–Crippen MR) is 115 cm³/mol. The largest absolute Gasteiger partial charge is 0.463 e. The minimum atomic E-state index is -4.01. The van der Waals surface area contributed by atoms with Gasteiger partial charge in [0.15, 0.2) is 5.79 Å². The number of hydrogen-bond donors (Lipinski definition) is 1. The molecule has 1 fully saturated rings. The Bertz CT molecular complexity index is 924. The van der Waals surface area contributed by atoms with Crippen molar-refractivity contribution in [3.63, 3.8) is 0 Å². The van der Waals surface area contributed by atoms with E-state index < -0.39 is 32.8 Å². The Labute approximate surface area is 183 Å². The highest BCUT2D eigenvalue weighted by Gasteiger charge is 2.46. The van der Waals surface area contributed by atoms with E-state index in [4.69, 9.17) is 14.2 Å². The van der Waals surface area contributed by atoms with Crippen molar-refractivity contribution in [1.82, 2.24) is 0 Å². The van der Waals surface area contributed by atoms with Crippen molar-refractivity contribution >= 4 is 21.7 Å². The minimum Gasteiger partial charge on any atom is -0.463 e. The number of benzene rings is 1. The Kier molecular flexibility index (Phi) is 7.72. The molecule has 0 bridgehead atoms. The second-order valence-electron chi connectivity index (χ2n) is 7.76. The summed E-state index contributed by atoms with van der Waals surface area (Å²) in [6.07, 6.45) is 5.21. The van der Waals surface area contributed by atoms with Crippen LogP contribution in [0.4, 0.5) is 10.1 Å². The molecule has 0 saturated carbocycles. The number of anilines is 1. The number of carbonyl (C=O) groups is 1. The Balaban J connectivity index is 1.89. The lowest BCUT2D eigenvalue weighted by molar-refractivity contribution is -0.143. The molecular formula is C22H30FNO6S. The van der Waals surface area contributed by atoms with Crippen molar-refractivity contribution in [2.45, 2.75) is 63.4 Å². The van der Waals surface area contributed by atoms with E-state index >= 15 is 0 Å². The zero-order valence-electron chi connectivity index (χ0n) is 18.0. The molecule has 3 rings (SSSR count). The fourth-order valence-electron chi connectivity index (χ4n) is 3.97. The summed E-state index contributed by atoms with van der Waals surface area (Å²) in [4.78, 5) is 12.6. The third-order valence-corrected chi connectivity index (χ3v) is 7.25. The van der Waals surface area contributed by atoms with Crippen LogP contribution in [0.3, 0.4) is 0 Å². The minimum absolute atomic E-state index is 0.00264. The number of nitrogens with one attached hydrogen (secondary N) is 1. The molecular weight excluding hydrogens is 425 g/mol. The van der Waals surface area contributed by atoms with Crippen molar-refractivity contribution in [2.24, 2.45) is 0 Å². The van der Waals surface area contributed by atoms with Gasteiger partial charge in [-0.05, 0) is 56.0 Å². The molecule has 1 spiro atoms. The molecule has 0 radical (unpaired) electrons. The van der Waals surface area contributed by atoms with E-state index in [9.17, 15) is 17.6 Å². The number of unbranched alkanes of at least 4 members (excludes halogenated alkanes) is 2. The van der Waals surface area contributed by atoms with E-state index in [1.165, 1.54) is 24.3 Å². The van der Waals surface area contributed by atoms with Crippen molar-refractivity contribution < 1.29 is 31.8 Å². The van der Waals surface area contributed by atoms with Gasteiger partial charge in [0.1, 0.15) is 11.1 Å². The maximum Gasteiger partial charge on any atom is 0.335 e. The van der Waals surface area contributed by atoms with Crippen LogP contribution in [0.25, 0.3) is 0 Å². The van der Waals surface area contributed by atoms with Gasteiger partial charge < -0.3 is 14.2 Å². The van der Waals surface area contributed by atoms with Crippen molar-refractivity contribution in [1.29, 1.82) is 0 Å². The number of esters is 1. The molecule has 1 aliphatic carbocycles. The Morgan fingerprint density at radius 2 is 2.00 bits per heavy atom. The summed E-state index contributed by atoms with van der Waals surface area (Å²) < 4.78 is 59.4. The predicted octanol–water partition coefficient (Wildman–Crippen LogP) is 3.70. The number of ether oxygens (including phenoxy) is 3. The van der Waals surface area contributed by atoms with Crippen molar-refractivity contribution in [3.8, 4) is 0 Å². The van der Waals surface area contributed by atoms with Gasteiger partial charge >= 0.3 is 5.97 Å². The summed E-state index contributed by atoms with van der Waals surface area (Å²) in [5, 5.41) is -1.13. The average Bonchev–Trinajstić information content (AvgIpc) is 3.17. The molecule has 1 aromatic carbocycles. The van der Waals surface area contributed by atoms with E-state index in [0.29, 0.717) is 37.3 Å². The molecule has 1 unspecified atom stereocenters. The summed E-state index contributed by atoms with van der Waals surface area (Å²) in [6, 6.07) is 4.00. The third-order valence-electron chi connectivity index (χ3n) is 5.51. The second kappa shape index (κ2) is 10.1. The molecule has 0 amide bonds. The SMILES string of the molecule is CCCCCc1cc(F)ccc1NS(=O)(=O)C1CCC2(C=C1C(=O)OCC)OCCO2. The van der Waals surface area contributed by atoms with Crippen LogP contribution < -0.4 is 4.72 Å². The van der Waals surface area contributed by atoms with Gasteiger partial charge in [0.05, 0.1) is 31.1 Å². The van der Waals surface area contributed by atoms with Gasteiger partial charge in [-0.1, -0.05) is 19.8 Å². The van der Waals surface area contributed by atoms with Gasteiger partial charge in [0.2, 0.25) is 10.0 Å². The standard InChI is InChI=1S/C22H30FNO6S/c1-3-5-6-7-16-14-17(23)8-9-19(16)24-31(26,27)20-10-11-22(29-12-13-30-22)15-18(20)21(25)28-4-2/h8-9,14-15,20,24H,3-7,10-13H2,1-2H3. The Hall–Kier alpha value is -1.97. The van der Waals surface area contributed by atoms with Gasteiger partial charge in [-0.15, -0.1) is 0 Å². The molecule has 1 heterocycles. The van der Waals surface area contributed by atoms with Crippen LogP contribution in [0.2, 0.25) is 0 Å². The second-order valence-corrected chi connectivity index (χ2v) is 9.63. The van der Waals surface area contributed by atoms with E-state index in [2.05, 4.69) is 11.6 Å². The Morgan fingerprint density at radius 1 is 1.26 bits per heavy atom. The number of rotatable bonds is 9. The summed E-state index contributed by atoms with van der Waals surface area (Å²) in [5.74, 6) is -2.22. The smallest absolute Gasteiger partial charge is 0.335 e. The van der Waals surface area contributed by atoms with Crippen LogP contribution >= 0.6 is 0 Å². The number of halogens is 1. The summed E-state index contributed by atoms with van der Waals surface area (Å²) in [6.45, 7) is 4.58. The van der Waals surface area contributed by atoms with Crippen LogP contribution in [-0.4, -0.2) is 45.2 Å². The molecule has 1 saturated heterocycles. The number of sulfonamides is 1. The lowest BCUT2D eigenvalue weighted by Gasteiger charge is -2.33. The molecule has 9 heteroatoms. The van der Waals surface area contributed by atoms with Crippen LogP contribution in [0, 0.1) is 5.82 Å². The topological polar surface area (TPSA) is 90.9 Å². The first-order valence-corrected chi connectivity index (χ1v) is 12.3.